The smallest absolute Gasteiger partial charge is 0.343 e. The largest absolute Gasteiger partial charge is 0.493 e. The number of ether oxygens (including phenoxy) is 1. The molecule has 0 atom stereocenters. The van der Waals surface area contributed by atoms with Gasteiger partial charge in [-0.1, -0.05) is 0 Å². The molecular formula is C10H11N2O4+. The first-order valence-corrected chi connectivity index (χ1v) is 4.81. The Balaban J connectivity index is 2.48. The molecule has 0 saturated carbocycles. The first kappa shape index (κ1) is 10.4. The molecule has 0 fully saturated rings. The zero-order valence-electron chi connectivity index (χ0n) is 8.69. The molecule has 0 bridgehead atoms. The average molecular weight is 223 g/mol. The molecule has 1 amide bonds. The highest BCUT2D eigenvalue weighted by Crippen LogP contribution is 2.35. The summed E-state index contributed by atoms with van der Waals surface area (Å²) in [5, 5.41) is 11.4. The number of nitrogens with zero attached hydrogens (tertiary/aromatic N) is 1. The van der Waals surface area contributed by atoms with Gasteiger partial charge < -0.3 is 10.1 Å². The van der Waals surface area contributed by atoms with Crippen LogP contribution < -0.4 is 10.1 Å². The van der Waals surface area contributed by atoms with Crippen molar-refractivity contribution in [1.29, 1.82) is 0 Å². The van der Waals surface area contributed by atoms with E-state index < -0.39 is 0 Å². The van der Waals surface area contributed by atoms with Gasteiger partial charge in [0.05, 0.1) is 17.6 Å². The number of amides is 1. The van der Waals surface area contributed by atoms with Gasteiger partial charge in [0.25, 0.3) is 4.92 Å². The SMILES string of the molecule is CC(=O)Nc1cc2c(cc1[N+](=O)O)OCC2. The number of nitrogens with one attached hydrogen (secondary N) is 1. The lowest BCUT2D eigenvalue weighted by atomic mass is 10.1. The summed E-state index contributed by atoms with van der Waals surface area (Å²) in [5.41, 5.74) is 1.17. The summed E-state index contributed by atoms with van der Waals surface area (Å²) in [5.74, 6) is 0.265. The molecule has 0 radical (unpaired) electrons. The third kappa shape index (κ3) is 1.81. The van der Waals surface area contributed by atoms with Crippen molar-refractivity contribution >= 4 is 17.3 Å². The number of carbonyl (C=O) groups excluding carboxylic acids is 1. The molecule has 6 nitrogen and oxygen atoms in total. The Morgan fingerprint density at radius 3 is 2.94 bits per heavy atom. The van der Waals surface area contributed by atoms with Crippen molar-refractivity contribution in [3.63, 3.8) is 0 Å². The molecule has 84 valence electrons. The van der Waals surface area contributed by atoms with E-state index in [1.807, 2.05) is 0 Å². The number of benzene rings is 1. The lowest BCUT2D eigenvalue weighted by Crippen LogP contribution is -2.08. The van der Waals surface area contributed by atoms with Gasteiger partial charge in [-0.05, 0) is 6.07 Å². The van der Waals surface area contributed by atoms with Crippen LogP contribution in [0, 0.1) is 4.91 Å². The molecule has 1 aliphatic rings. The fourth-order valence-corrected chi connectivity index (χ4v) is 1.66. The van der Waals surface area contributed by atoms with Crippen molar-refractivity contribution in [3.8, 4) is 5.75 Å². The van der Waals surface area contributed by atoms with Gasteiger partial charge in [-0.2, -0.15) is 0 Å². The molecule has 1 aliphatic heterocycles. The predicted octanol–water partition coefficient (Wildman–Crippen LogP) is 1.38. The Kier molecular flexibility index (Phi) is 2.47. The second kappa shape index (κ2) is 3.80. The summed E-state index contributed by atoms with van der Waals surface area (Å²) in [4.78, 5) is 21.6. The van der Waals surface area contributed by atoms with Gasteiger partial charge in [-0.15, -0.1) is 0 Å². The van der Waals surface area contributed by atoms with Crippen molar-refractivity contribution in [2.45, 2.75) is 13.3 Å². The van der Waals surface area contributed by atoms with Crippen LogP contribution in [0.25, 0.3) is 0 Å². The van der Waals surface area contributed by atoms with Crippen LogP contribution in [0.1, 0.15) is 12.5 Å². The molecule has 1 aromatic rings. The molecule has 2 N–H and O–H groups in total. The highest BCUT2D eigenvalue weighted by molar-refractivity contribution is 5.91. The molecule has 0 unspecified atom stereocenters. The van der Waals surface area contributed by atoms with E-state index in [-0.39, 0.29) is 22.2 Å². The quantitative estimate of drug-likeness (QED) is 0.742. The second-order valence-electron chi connectivity index (χ2n) is 3.53. The first-order chi connectivity index (χ1) is 7.58. The number of hydrogen-bond acceptors (Lipinski definition) is 3. The molecule has 16 heavy (non-hydrogen) atoms. The zero-order valence-corrected chi connectivity index (χ0v) is 8.69. The molecule has 1 aromatic carbocycles. The van der Waals surface area contributed by atoms with Crippen LogP contribution >= 0.6 is 0 Å². The lowest BCUT2D eigenvalue weighted by molar-refractivity contribution is -0.729. The fraction of sp³-hybridized carbons (Fsp3) is 0.300. The van der Waals surface area contributed by atoms with Gasteiger partial charge in [0.15, 0.2) is 0 Å². The maximum absolute atomic E-state index is 10.9. The number of hydrogen-bond donors (Lipinski definition) is 2. The van der Waals surface area contributed by atoms with Crippen LogP contribution in [-0.4, -0.2) is 22.6 Å². The fourth-order valence-electron chi connectivity index (χ4n) is 1.66. The van der Waals surface area contributed by atoms with Crippen LogP contribution in [0.2, 0.25) is 0 Å². The Morgan fingerprint density at radius 1 is 1.56 bits per heavy atom. The van der Waals surface area contributed by atoms with Crippen LogP contribution in [0.15, 0.2) is 12.1 Å². The monoisotopic (exact) mass is 223 g/mol. The van der Waals surface area contributed by atoms with Crippen LogP contribution in [0.5, 0.6) is 5.75 Å². The van der Waals surface area contributed by atoms with E-state index in [9.17, 15) is 9.70 Å². The molecule has 1 heterocycles. The number of carbonyl (C=O) groups is 1. The van der Waals surface area contributed by atoms with Crippen LogP contribution in [-0.2, 0) is 11.2 Å². The summed E-state index contributed by atoms with van der Waals surface area (Å²) in [6, 6.07) is 3.06. The van der Waals surface area contributed by atoms with Crippen molar-refractivity contribution in [3.05, 3.63) is 22.6 Å². The predicted molar refractivity (Wildman–Crippen MR) is 55.0 cm³/mol. The number of fused-ring (bicyclic) bond motifs is 1. The maximum Gasteiger partial charge on any atom is 0.343 e. The van der Waals surface area contributed by atoms with Crippen LogP contribution in [0.3, 0.4) is 0 Å². The minimum atomic E-state index is -0.304. The molecule has 0 aliphatic carbocycles. The summed E-state index contributed by atoms with van der Waals surface area (Å²) >= 11 is 0. The number of rotatable bonds is 2. The molecule has 0 saturated heterocycles. The van der Waals surface area contributed by atoms with Gasteiger partial charge in [-0.3, -0.25) is 4.79 Å². The Morgan fingerprint density at radius 2 is 2.31 bits per heavy atom. The Bertz CT molecular complexity index is 470. The van der Waals surface area contributed by atoms with E-state index in [1.54, 1.807) is 6.07 Å². The van der Waals surface area contributed by atoms with E-state index in [1.165, 1.54) is 13.0 Å². The Labute approximate surface area is 91.4 Å². The van der Waals surface area contributed by atoms with E-state index in [4.69, 9.17) is 9.94 Å². The number of anilines is 1. The van der Waals surface area contributed by atoms with Crippen molar-refractivity contribution in [1.82, 2.24) is 0 Å². The molecule has 2 rings (SSSR count). The summed E-state index contributed by atoms with van der Waals surface area (Å²) < 4.78 is 5.26. The van der Waals surface area contributed by atoms with E-state index in [0.717, 1.165) is 12.0 Å². The minimum absolute atomic E-state index is 0.0316. The highest BCUT2D eigenvalue weighted by Gasteiger charge is 2.25. The molecule has 0 aromatic heterocycles. The first-order valence-electron chi connectivity index (χ1n) is 4.81. The van der Waals surface area contributed by atoms with E-state index in [2.05, 4.69) is 5.32 Å². The van der Waals surface area contributed by atoms with Crippen molar-refractivity contribution < 1.29 is 19.7 Å². The van der Waals surface area contributed by atoms with Gasteiger partial charge in [-0.25, -0.2) is 5.21 Å². The second-order valence-corrected chi connectivity index (χ2v) is 3.53. The summed E-state index contributed by atoms with van der Waals surface area (Å²) in [7, 11) is 0. The summed E-state index contributed by atoms with van der Waals surface area (Å²) in [6.45, 7) is 1.88. The topological polar surface area (TPSA) is 78.6 Å². The third-order valence-corrected chi connectivity index (χ3v) is 2.32. The highest BCUT2D eigenvalue weighted by atomic mass is 16.6. The van der Waals surface area contributed by atoms with Gasteiger partial charge in [0.2, 0.25) is 5.91 Å². The van der Waals surface area contributed by atoms with Crippen molar-refractivity contribution in [2.24, 2.45) is 0 Å². The van der Waals surface area contributed by atoms with Gasteiger partial charge in [0.1, 0.15) is 11.4 Å². The standard InChI is InChI=1S/C10H10N2O4/c1-6(13)11-8-4-7-2-3-16-10(7)5-9(8)12(14)15/h4-5H,2-3H2,1H3,(H-,11,13,14,15)/p+1. The van der Waals surface area contributed by atoms with Crippen molar-refractivity contribution in [2.75, 3.05) is 11.9 Å². The minimum Gasteiger partial charge on any atom is -0.493 e. The maximum atomic E-state index is 10.9. The Hall–Kier alpha value is -2.11. The zero-order chi connectivity index (χ0) is 11.7. The lowest BCUT2D eigenvalue weighted by Gasteiger charge is -2.03. The summed E-state index contributed by atoms with van der Waals surface area (Å²) in [6.07, 6.45) is 0.729. The van der Waals surface area contributed by atoms with Gasteiger partial charge >= 0.3 is 5.69 Å². The molecular weight excluding hydrogens is 212 g/mol. The third-order valence-electron chi connectivity index (χ3n) is 2.32. The molecule has 6 heteroatoms. The van der Waals surface area contributed by atoms with Gasteiger partial charge in [0, 0.05) is 18.9 Å². The normalized spacial score (nSPS) is 12.8. The van der Waals surface area contributed by atoms with Crippen LogP contribution in [0.4, 0.5) is 11.4 Å². The van der Waals surface area contributed by atoms with E-state index in [0.29, 0.717) is 12.4 Å². The average Bonchev–Trinajstić information content (AvgIpc) is 2.62. The molecule has 0 spiro atoms. The van der Waals surface area contributed by atoms with E-state index >= 15 is 0 Å².